The van der Waals surface area contributed by atoms with Crippen molar-refractivity contribution in [1.82, 2.24) is 15.3 Å². The molecule has 25 heavy (non-hydrogen) atoms. The Kier molecular flexibility index (Phi) is 5.06. The van der Waals surface area contributed by atoms with Crippen molar-refractivity contribution in [2.45, 2.75) is 39.2 Å². The molecule has 0 saturated carbocycles. The number of carbonyl (C=O) groups excluding carboxylic acids is 1. The quantitative estimate of drug-likeness (QED) is 0.926. The van der Waals surface area contributed by atoms with Crippen LogP contribution in [0.5, 0.6) is 0 Å². The van der Waals surface area contributed by atoms with E-state index in [0.717, 1.165) is 36.8 Å². The molecule has 134 valence electrons. The standard InChI is InChI=1S/C19H26N4O2/c1-19(2,3)25-18(24)22-12-14-6-10-23(11-7-14)17-5-9-21-16-4-8-20-13-15(16)17/h4-5,8-9,13-14H,6-7,10-12H2,1-3H3,(H,22,24). The van der Waals surface area contributed by atoms with Crippen molar-refractivity contribution >= 4 is 22.7 Å². The van der Waals surface area contributed by atoms with E-state index >= 15 is 0 Å². The number of carbonyl (C=O) groups is 1. The number of alkyl carbamates (subject to hydrolysis) is 1. The monoisotopic (exact) mass is 342 g/mol. The summed E-state index contributed by atoms with van der Waals surface area (Å²) in [6, 6.07) is 4.00. The highest BCUT2D eigenvalue weighted by molar-refractivity contribution is 5.90. The molecule has 0 aromatic carbocycles. The van der Waals surface area contributed by atoms with Crippen LogP contribution in [-0.4, -0.2) is 41.3 Å². The molecule has 6 nitrogen and oxygen atoms in total. The molecular formula is C19H26N4O2. The van der Waals surface area contributed by atoms with Gasteiger partial charge in [-0.05, 0) is 51.7 Å². The average Bonchev–Trinajstić information content (AvgIpc) is 2.58. The highest BCUT2D eigenvalue weighted by Crippen LogP contribution is 2.28. The fraction of sp³-hybridized carbons (Fsp3) is 0.526. The molecule has 1 N–H and O–H groups in total. The van der Waals surface area contributed by atoms with Crippen LogP contribution in [0.1, 0.15) is 33.6 Å². The Morgan fingerprint density at radius 3 is 2.76 bits per heavy atom. The number of nitrogens with one attached hydrogen (secondary N) is 1. The largest absolute Gasteiger partial charge is 0.444 e. The topological polar surface area (TPSA) is 67.3 Å². The number of pyridine rings is 2. The van der Waals surface area contributed by atoms with Gasteiger partial charge in [-0.1, -0.05) is 0 Å². The molecule has 1 aliphatic heterocycles. The van der Waals surface area contributed by atoms with Crippen LogP contribution in [0.4, 0.5) is 10.5 Å². The summed E-state index contributed by atoms with van der Waals surface area (Å²) in [4.78, 5) is 22.8. The van der Waals surface area contributed by atoms with Gasteiger partial charge in [-0.3, -0.25) is 9.97 Å². The minimum Gasteiger partial charge on any atom is -0.444 e. The van der Waals surface area contributed by atoms with Gasteiger partial charge in [0.1, 0.15) is 5.60 Å². The number of fused-ring (bicyclic) bond motifs is 1. The van der Waals surface area contributed by atoms with E-state index in [2.05, 4.69) is 26.3 Å². The van der Waals surface area contributed by atoms with E-state index in [-0.39, 0.29) is 6.09 Å². The normalized spacial score (nSPS) is 16.0. The van der Waals surface area contributed by atoms with E-state index in [1.807, 2.05) is 39.2 Å². The summed E-state index contributed by atoms with van der Waals surface area (Å²) in [6.07, 6.45) is 7.26. The molecule has 0 unspecified atom stereocenters. The summed E-state index contributed by atoms with van der Waals surface area (Å²) >= 11 is 0. The summed E-state index contributed by atoms with van der Waals surface area (Å²) in [6.45, 7) is 8.22. The minimum absolute atomic E-state index is 0.332. The van der Waals surface area contributed by atoms with E-state index in [0.29, 0.717) is 12.5 Å². The molecule has 3 rings (SSSR count). The zero-order valence-corrected chi connectivity index (χ0v) is 15.2. The fourth-order valence-corrected chi connectivity index (χ4v) is 3.17. The molecule has 0 spiro atoms. The predicted molar refractivity (Wildman–Crippen MR) is 98.7 cm³/mol. The Bertz CT molecular complexity index is 728. The van der Waals surface area contributed by atoms with E-state index in [1.165, 1.54) is 5.69 Å². The van der Waals surface area contributed by atoms with E-state index in [4.69, 9.17) is 4.74 Å². The Morgan fingerprint density at radius 1 is 1.28 bits per heavy atom. The fourth-order valence-electron chi connectivity index (χ4n) is 3.17. The molecule has 6 heteroatoms. The van der Waals surface area contributed by atoms with Gasteiger partial charge in [-0.2, -0.15) is 0 Å². The SMILES string of the molecule is CC(C)(C)OC(=O)NCC1CCN(c2ccnc3ccncc23)CC1. The van der Waals surface area contributed by atoms with Crippen molar-refractivity contribution in [3.63, 3.8) is 0 Å². The summed E-state index contributed by atoms with van der Waals surface area (Å²) in [5.74, 6) is 0.481. The second-order valence-corrected chi connectivity index (χ2v) is 7.54. The van der Waals surface area contributed by atoms with Crippen molar-refractivity contribution in [3.05, 3.63) is 30.7 Å². The van der Waals surface area contributed by atoms with Gasteiger partial charge in [-0.15, -0.1) is 0 Å². The lowest BCUT2D eigenvalue weighted by Crippen LogP contribution is -2.40. The lowest BCUT2D eigenvalue weighted by Gasteiger charge is -2.34. The highest BCUT2D eigenvalue weighted by atomic mass is 16.6. The number of anilines is 1. The zero-order chi connectivity index (χ0) is 17.9. The van der Waals surface area contributed by atoms with Crippen molar-refractivity contribution < 1.29 is 9.53 Å². The number of hydrogen-bond acceptors (Lipinski definition) is 5. The number of amides is 1. The molecule has 1 amide bonds. The molecule has 0 aliphatic carbocycles. The summed E-state index contributed by atoms with van der Waals surface area (Å²) in [5.41, 5.74) is 1.71. The van der Waals surface area contributed by atoms with Gasteiger partial charge in [0.05, 0.1) is 5.52 Å². The molecule has 2 aromatic heterocycles. The smallest absolute Gasteiger partial charge is 0.407 e. The first-order valence-corrected chi connectivity index (χ1v) is 8.83. The number of hydrogen-bond donors (Lipinski definition) is 1. The molecule has 0 atom stereocenters. The number of piperidine rings is 1. The molecule has 1 saturated heterocycles. The van der Waals surface area contributed by atoms with Crippen molar-refractivity contribution in [2.75, 3.05) is 24.5 Å². The summed E-state index contributed by atoms with van der Waals surface area (Å²) in [7, 11) is 0. The third-order valence-corrected chi connectivity index (χ3v) is 4.41. The second-order valence-electron chi connectivity index (χ2n) is 7.54. The maximum absolute atomic E-state index is 11.8. The van der Waals surface area contributed by atoms with Crippen LogP contribution < -0.4 is 10.2 Å². The second kappa shape index (κ2) is 7.25. The molecule has 1 aliphatic rings. The Hall–Kier alpha value is -2.37. The Morgan fingerprint density at radius 2 is 2.04 bits per heavy atom. The van der Waals surface area contributed by atoms with Crippen molar-refractivity contribution in [1.29, 1.82) is 0 Å². The van der Waals surface area contributed by atoms with E-state index < -0.39 is 5.60 Å². The Balaban J connectivity index is 1.54. The van der Waals surface area contributed by atoms with Crippen molar-refractivity contribution in [3.8, 4) is 0 Å². The van der Waals surface area contributed by atoms with Crippen LogP contribution in [0.2, 0.25) is 0 Å². The molecule has 0 radical (unpaired) electrons. The average molecular weight is 342 g/mol. The third-order valence-electron chi connectivity index (χ3n) is 4.41. The number of aromatic nitrogens is 2. The third kappa shape index (κ3) is 4.59. The summed E-state index contributed by atoms with van der Waals surface area (Å²) < 4.78 is 5.29. The van der Waals surface area contributed by atoms with Crippen LogP contribution in [0.25, 0.3) is 10.9 Å². The lowest BCUT2D eigenvalue weighted by atomic mass is 9.96. The van der Waals surface area contributed by atoms with Crippen LogP contribution in [0.3, 0.4) is 0 Å². The van der Waals surface area contributed by atoms with Gasteiger partial charge in [0, 0.05) is 49.3 Å². The van der Waals surface area contributed by atoms with Gasteiger partial charge in [0.25, 0.3) is 0 Å². The first kappa shape index (κ1) is 17.5. The predicted octanol–water partition coefficient (Wildman–Crippen LogP) is 3.37. The first-order valence-electron chi connectivity index (χ1n) is 8.83. The zero-order valence-electron chi connectivity index (χ0n) is 15.2. The minimum atomic E-state index is -0.454. The molecule has 0 bridgehead atoms. The van der Waals surface area contributed by atoms with Crippen LogP contribution in [0.15, 0.2) is 30.7 Å². The lowest BCUT2D eigenvalue weighted by molar-refractivity contribution is 0.0517. The molecule has 1 fully saturated rings. The maximum atomic E-state index is 11.8. The van der Waals surface area contributed by atoms with Crippen LogP contribution in [0, 0.1) is 5.92 Å². The van der Waals surface area contributed by atoms with Gasteiger partial charge >= 0.3 is 6.09 Å². The van der Waals surface area contributed by atoms with E-state index in [1.54, 1.807) is 6.20 Å². The number of nitrogens with zero attached hydrogens (tertiary/aromatic N) is 3. The first-order chi connectivity index (χ1) is 11.9. The molecule has 3 heterocycles. The molecule has 2 aromatic rings. The number of ether oxygens (including phenoxy) is 1. The van der Waals surface area contributed by atoms with Crippen LogP contribution in [-0.2, 0) is 4.74 Å². The van der Waals surface area contributed by atoms with Crippen LogP contribution >= 0.6 is 0 Å². The number of rotatable bonds is 3. The Labute approximate surface area is 148 Å². The van der Waals surface area contributed by atoms with Gasteiger partial charge in [0.2, 0.25) is 0 Å². The summed E-state index contributed by atoms with van der Waals surface area (Å²) in [5, 5.41) is 3.99. The van der Waals surface area contributed by atoms with Crippen molar-refractivity contribution in [2.24, 2.45) is 5.92 Å². The van der Waals surface area contributed by atoms with Gasteiger partial charge in [0.15, 0.2) is 0 Å². The van der Waals surface area contributed by atoms with E-state index in [9.17, 15) is 4.79 Å². The highest BCUT2D eigenvalue weighted by Gasteiger charge is 2.22. The van der Waals surface area contributed by atoms with Gasteiger partial charge < -0.3 is 15.0 Å². The van der Waals surface area contributed by atoms with Gasteiger partial charge in [-0.25, -0.2) is 4.79 Å². The maximum Gasteiger partial charge on any atom is 0.407 e. The molecular weight excluding hydrogens is 316 g/mol.